The van der Waals surface area contributed by atoms with E-state index in [0.717, 1.165) is 56.1 Å². The summed E-state index contributed by atoms with van der Waals surface area (Å²) in [6, 6.07) is 18.1. The molecule has 0 radical (unpaired) electrons. The van der Waals surface area contributed by atoms with Crippen LogP contribution >= 0.6 is 0 Å². The van der Waals surface area contributed by atoms with E-state index in [1.165, 1.54) is 12.1 Å². The van der Waals surface area contributed by atoms with Crippen LogP contribution in [0.1, 0.15) is 13.3 Å². The fourth-order valence-corrected chi connectivity index (χ4v) is 4.44. The molecule has 0 N–H and O–H groups in total. The average molecular weight is 474 g/mol. The molecule has 1 fully saturated rings. The van der Waals surface area contributed by atoms with Crippen molar-refractivity contribution in [2.45, 2.75) is 13.3 Å². The lowest BCUT2D eigenvalue weighted by Gasteiger charge is -2.34. The van der Waals surface area contributed by atoms with E-state index in [1.807, 2.05) is 51.9 Å². The highest BCUT2D eigenvalue weighted by molar-refractivity contribution is 5.82. The van der Waals surface area contributed by atoms with Crippen LogP contribution in [-0.2, 0) is 4.79 Å². The van der Waals surface area contributed by atoms with E-state index in [0.29, 0.717) is 23.6 Å². The maximum atomic E-state index is 13.9. The van der Waals surface area contributed by atoms with Crippen molar-refractivity contribution >= 4 is 16.9 Å². The van der Waals surface area contributed by atoms with Crippen molar-refractivity contribution in [2.75, 3.05) is 39.3 Å². The van der Waals surface area contributed by atoms with Gasteiger partial charge in [0.25, 0.3) is 0 Å². The van der Waals surface area contributed by atoms with Gasteiger partial charge < -0.3 is 9.64 Å². The molecule has 4 aromatic rings. The fourth-order valence-electron chi connectivity index (χ4n) is 4.44. The van der Waals surface area contributed by atoms with Gasteiger partial charge in [-0.15, -0.1) is 0 Å². The summed E-state index contributed by atoms with van der Waals surface area (Å²) in [6.45, 7) is 6.63. The molecule has 35 heavy (non-hydrogen) atoms. The highest BCUT2D eigenvalue weighted by Crippen LogP contribution is 2.29. The second-order valence-corrected chi connectivity index (χ2v) is 8.66. The van der Waals surface area contributed by atoms with E-state index in [9.17, 15) is 9.18 Å². The lowest BCUT2D eigenvalue weighted by molar-refractivity contribution is -0.130. The van der Waals surface area contributed by atoms with Gasteiger partial charge in [-0.3, -0.25) is 19.2 Å². The molecule has 0 aliphatic carbocycles. The number of carbonyl (C=O) groups is 1. The van der Waals surface area contributed by atoms with Gasteiger partial charge in [-0.2, -0.15) is 0 Å². The topological polar surface area (TPSA) is 63.5 Å². The maximum absolute atomic E-state index is 13.9. The van der Waals surface area contributed by atoms with E-state index in [-0.39, 0.29) is 11.7 Å². The number of aromatic nitrogens is 3. The number of benzene rings is 2. The average Bonchev–Trinajstić information content (AvgIpc) is 3.26. The molecule has 0 spiro atoms. The molecular formula is C27H28FN5O2. The Morgan fingerprint density at radius 2 is 1.83 bits per heavy atom. The zero-order valence-electron chi connectivity index (χ0n) is 19.7. The summed E-state index contributed by atoms with van der Waals surface area (Å²) in [5.74, 6) is 1.29. The van der Waals surface area contributed by atoms with Crippen LogP contribution in [0.5, 0.6) is 5.75 Å². The molecule has 2 aromatic carbocycles. The van der Waals surface area contributed by atoms with Crippen molar-refractivity contribution in [3.63, 3.8) is 0 Å². The van der Waals surface area contributed by atoms with Crippen LogP contribution in [0.3, 0.4) is 0 Å². The molecule has 8 heteroatoms. The Labute approximate surface area is 203 Å². The van der Waals surface area contributed by atoms with Gasteiger partial charge in [0.15, 0.2) is 5.82 Å². The van der Waals surface area contributed by atoms with E-state index in [2.05, 4.69) is 14.9 Å². The van der Waals surface area contributed by atoms with E-state index in [1.54, 1.807) is 19.2 Å². The highest BCUT2D eigenvalue weighted by atomic mass is 19.1. The van der Waals surface area contributed by atoms with Crippen LogP contribution in [0, 0.1) is 5.82 Å². The first kappa shape index (κ1) is 23.0. The number of piperazine rings is 1. The molecule has 0 saturated carbocycles. The third kappa shape index (κ3) is 5.17. The standard InChI is InChI=1S/C27H28FN5O2/c1-20(34)32-16-14-31(15-17-32)13-4-18-35-23-9-7-22(8-10-23)33-26-11-6-21(28)19-25(26)30-27(33)24-5-2-3-12-29-24/h2-3,5-12,19H,4,13-18H2,1H3. The summed E-state index contributed by atoms with van der Waals surface area (Å²) in [5, 5.41) is 0. The Morgan fingerprint density at radius 3 is 2.54 bits per heavy atom. The van der Waals surface area contributed by atoms with E-state index >= 15 is 0 Å². The quantitative estimate of drug-likeness (QED) is 0.377. The maximum Gasteiger partial charge on any atom is 0.219 e. The summed E-state index contributed by atoms with van der Waals surface area (Å²) < 4.78 is 21.8. The third-order valence-electron chi connectivity index (χ3n) is 6.31. The molecule has 1 aliphatic heterocycles. The van der Waals surface area contributed by atoms with Gasteiger partial charge in [0.1, 0.15) is 17.3 Å². The summed E-state index contributed by atoms with van der Waals surface area (Å²) in [4.78, 5) is 24.8. The van der Waals surface area contributed by atoms with Crippen LogP contribution in [0.25, 0.3) is 28.2 Å². The van der Waals surface area contributed by atoms with Crippen molar-refractivity contribution in [2.24, 2.45) is 0 Å². The van der Waals surface area contributed by atoms with Crippen molar-refractivity contribution in [1.82, 2.24) is 24.3 Å². The van der Waals surface area contributed by atoms with E-state index < -0.39 is 0 Å². The van der Waals surface area contributed by atoms with Gasteiger partial charge in [0, 0.05) is 57.6 Å². The molecule has 3 heterocycles. The first-order chi connectivity index (χ1) is 17.1. The van der Waals surface area contributed by atoms with Gasteiger partial charge in [0.2, 0.25) is 5.91 Å². The van der Waals surface area contributed by atoms with Crippen LogP contribution in [0.2, 0.25) is 0 Å². The normalized spacial score (nSPS) is 14.4. The number of ether oxygens (including phenoxy) is 1. The molecule has 2 aromatic heterocycles. The number of nitrogens with zero attached hydrogens (tertiary/aromatic N) is 5. The molecule has 0 atom stereocenters. The smallest absolute Gasteiger partial charge is 0.219 e. The summed E-state index contributed by atoms with van der Waals surface area (Å²) in [5.41, 5.74) is 3.00. The van der Waals surface area contributed by atoms with Gasteiger partial charge in [0.05, 0.1) is 17.6 Å². The predicted molar refractivity (Wildman–Crippen MR) is 133 cm³/mol. The number of rotatable bonds is 7. The molecule has 0 bridgehead atoms. The summed E-state index contributed by atoms with van der Waals surface area (Å²) in [6.07, 6.45) is 2.64. The van der Waals surface area contributed by atoms with Crippen molar-refractivity contribution < 1.29 is 13.9 Å². The fraction of sp³-hybridized carbons (Fsp3) is 0.296. The zero-order chi connectivity index (χ0) is 24.2. The molecule has 5 rings (SSSR count). The number of pyridine rings is 1. The van der Waals surface area contributed by atoms with Gasteiger partial charge >= 0.3 is 0 Å². The summed E-state index contributed by atoms with van der Waals surface area (Å²) >= 11 is 0. The largest absolute Gasteiger partial charge is 0.494 e. The Hall–Kier alpha value is -3.78. The minimum absolute atomic E-state index is 0.152. The highest BCUT2D eigenvalue weighted by Gasteiger charge is 2.18. The molecule has 1 amide bonds. The Bertz CT molecular complexity index is 1300. The van der Waals surface area contributed by atoms with Crippen molar-refractivity contribution in [3.8, 4) is 23.0 Å². The minimum Gasteiger partial charge on any atom is -0.494 e. The van der Waals surface area contributed by atoms with Crippen LogP contribution < -0.4 is 4.74 Å². The Kier molecular flexibility index (Phi) is 6.72. The van der Waals surface area contributed by atoms with Crippen molar-refractivity contribution in [3.05, 3.63) is 72.7 Å². The number of fused-ring (bicyclic) bond motifs is 1. The Morgan fingerprint density at radius 1 is 1.03 bits per heavy atom. The molecule has 1 aliphatic rings. The molecule has 0 unspecified atom stereocenters. The molecule has 180 valence electrons. The van der Waals surface area contributed by atoms with Gasteiger partial charge in [-0.1, -0.05) is 6.07 Å². The first-order valence-electron chi connectivity index (χ1n) is 11.9. The lowest BCUT2D eigenvalue weighted by atomic mass is 10.2. The molecule has 1 saturated heterocycles. The number of halogens is 1. The predicted octanol–water partition coefficient (Wildman–Crippen LogP) is 4.16. The minimum atomic E-state index is -0.320. The molecule has 7 nitrogen and oxygen atoms in total. The lowest BCUT2D eigenvalue weighted by Crippen LogP contribution is -2.48. The van der Waals surface area contributed by atoms with Crippen molar-refractivity contribution in [1.29, 1.82) is 0 Å². The third-order valence-corrected chi connectivity index (χ3v) is 6.31. The van der Waals surface area contributed by atoms with E-state index in [4.69, 9.17) is 4.74 Å². The number of hydrogen-bond acceptors (Lipinski definition) is 5. The first-order valence-corrected chi connectivity index (χ1v) is 11.9. The summed E-state index contributed by atoms with van der Waals surface area (Å²) in [7, 11) is 0. The molecular weight excluding hydrogens is 445 g/mol. The number of hydrogen-bond donors (Lipinski definition) is 0. The van der Waals surface area contributed by atoms with Crippen LogP contribution in [0.15, 0.2) is 66.9 Å². The SMILES string of the molecule is CC(=O)N1CCN(CCCOc2ccc(-n3c(-c4ccccn4)nc4cc(F)ccc43)cc2)CC1. The zero-order valence-corrected chi connectivity index (χ0v) is 19.7. The second-order valence-electron chi connectivity index (χ2n) is 8.66. The Balaban J connectivity index is 1.25. The van der Waals surface area contributed by atoms with Gasteiger partial charge in [-0.05, 0) is 55.0 Å². The number of imidazole rings is 1. The van der Waals surface area contributed by atoms with Crippen LogP contribution in [-0.4, -0.2) is 69.6 Å². The second kappa shape index (κ2) is 10.2. The van der Waals surface area contributed by atoms with Gasteiger partial charge in [-0.25, -0.2) is 9.37 Å². The number of carbonyl (C=O) groups excluding carboxylic acids is 1. The monoisotopic (exact) mass is 473 g/mol. The number of amides is 1. The van der Waals surface area contributed by atoms with Crippen LogP contribution in [0.4, 0.5) is 4.39 Å².